The summed E-state index contributed by atoms with van der Waals surface area (Å²) in [6.07, 6.45) is 4.22. The summed E-state index contributed by atoms with van der Waals surface area (Å²) in [5.74, 6) is 0.979. The number of nitrogens with one attached hydrogen (secondary N) is 1. The largest absolute Gasteiger partial charge is 0.456 e. The first-order valence-electron chi connectivity index (χ1n) is 22.4. The standard InChI is InChI=1S/C47H56ClN5O10/c48-11-3-1-2-4-17-58-23-24-59-18-12-49-43(54)32-5-8-37-40(25-32)47(63-46(37)57)38-9-6-35(52-28-33(29-52)44(55)50-13-19-60-20-14-50)26-41(38)62-42-27-36(7-10-39(42)47)53-30-34(31-53)45(56)51-15-21-61-22-16-51/h5-10,25-27,33-34H,1-4,11-24,28-31H2,(H,49,54). The summed E-state index contributed by atoms with van der Waals surface area (Å²) in [7, 11) is 0. The first-order valence-corrected chi connectivity index (χ1v) is 22.9. The third-order valence-electron chi connectivity index (χ3n) is 12.9. The van der Waals surface area contributed by atoms with E-state index in [1.807, 2.05) is 46.2 Å². The Morgan fingerprint density at radius 3 is 1.79 bits per heavy atom. The van der Waals surface area contributed by atoms with E-state index >= 15 is 0 Å². The van der Waals surface area contributed by atoms with Crippen molar-refractivity contribution in [2.75, 3.05) is 127 Å². The maximum Gasteiger partial charge on any atom is 0.340 e. The number of morpholine rings is 2. The lowest BCUT2D eigenvalue weighted by Gasteiger charge is -2.44. The van der Waals surface area contributed by atoms with E-state index in [0.717, 1.165) is 37.1 Å². The molecule has 3 aromatic rings. The van der Waals surface area contributed by atoms with Crippen LogP contribution >= 0.6 is 11.6 Å². The summed E-state index contributed by atoms with van der Waals surface area (Å²) in [4.78, 5) is 62.0. The second-order valence-corrected chi connectivity index (χ2v) is 17.3. The smallest absolute Gasteiger partial charge is 0.340 e. The molecule has 3 amide bonds. The maximum absolute atomic E-state index is 13.9. The van der Waals surface area contributed by atoms with Crippen LogP contribution in [0.5, 0.6) is 11.5 Å². The fourth-order valence-corrected chi connectivity index (χ4v) is 9.51. The minimum Gasteiger partial charge on any atom is -0.456 e. The van der Waals surface area contributed by atoms with Gasteiger partial charge in [0.05, 0.1) is 63.6 Å². The monoisotopic (exact) mass is 885 g/mol. The topological polar surface area (TPSA) is 149 Å². The Morgan fingerprint density at radius 1 is 0.667 bits per heavy atom. The van der Waals surface area contributed by atoms with E-state index in [9.17, 15) is 19.2 Å². The lowest BCUT2D eigenvalue weighted by Crippen LogP contribution is -2.56. The van der Waals surface area contributed by atoms with Crippen LogP contribution in [0, 0.1) is 11.8 Å². The van der Waals surface area contributed by atoms with Gasteiger partial charge in [0.1, 0.15) is 11.5 Å². The number of halogens is 1. The molecule has 6 aliphatic heterocycles. The van der Waals surface area contributed by atoms with Gasteiger partial charge in [-0.1, -0.05) is 12.8 Å². The number of alkyl halides is 1. The summed E-state index contributed by atoms with van der Waals surface area (Å²) >= 11 is 5.74. The first-order chi connectivity index (χ1) is 30.8. The molecular weight excluding hydrogens is 830 g/mol. The number of benzene rings is 3. The van der Waals surface area contributed by atoms with Crippen molar-refractivity contribution in [1.82, 2.24) is 15.1 Å². The number of carbonyl (C=O) groups is 4. The van der Waals surface area contributed by atoms with E-state index in [0.29, 0.717) is 157 Å². The van der Waals surface area contributed by atoms with Gasteiger partial charge in [-0.15, -0.1) is 11.6 Å². The Morgan fingerprint density at radius 2 is 1.22 bits per heavy atom. The predicted molar refractivity (Wildman–Crippen MR) is 234 cm³/mol. The number of carbonyl (C=O) groups excluding carboxylic acids is 4. The molecule has 0 unspecified atom stereocenters. The summed E-state index contributed by atoms with van der Waals surface area (Å²) in [5, 5.41) is 2.95. The number of hydrogen-bond acceptors (Lipinski definition) is 12. The van der Waals surface area contributed by atoms with E-state index in [4.69, 9.17) is 40.0 Å². The molecule has 4 saturated heterocycles. The Labute approximate surface area is 372 Å². The van der Waals surface area contributed by atoms with E-state index in [-0.39, 0.29) is 29.6 Å². The van der Waals surface area contributed by atoms with Crippen molar-refractivity contribution in [3.8, 4) is 11.5 Å². The lowest BCUT2D eigenvalue weighted by molar-refractivity contribution is -0.141. The van der Waals surface area contributed by atoms with Gasteiger partial charge in [-0.2, -0.15) is 0 Å². The van der Waals surface area contributed by atoms with Gasteiger partial charge in [0.2, 0.25) is 11.8 Å². The van der Waals surface area contributed by atoms with Gasteiger partial charge < -0.3 is 53.3 Å². The van der Waals surface area contributed by atoms with Crippen LogP contribution in [0.4, 0.5) is 11.4 Å². The fourth-order valence-electron chi connectivity index (χ4n) is 9.32. The van der Waals surface area contributed by atoms with Crippen LogP contribution in [0.3, 0.4) is 0 Å². The Balaban J connectivity index is 0.929. The predicted octanol–water partition coefficient (Wildman–Crippen LogP) is 4.41. The van der Waals surface area contributed by atoms with Crippen LogP contribution in [0.1, 0.15) is 63.1 Å². The zero-order chi connectivity index (χ0) is 43.3. The molecule has 0 bridgehead atoms. The molecule has 16 heteroatoms. The summed E-state index contributed by atoms with van der Waals surface area (Å²) in [6, 6.07) is 16.7. The van der Waals surface area contributed by atoms with Crippen molar-refractivity contribution in [1.29, 1.82) is 0 Å². The number of nitrogens with zero attached hydrogens (tertiary/aromatic N) is 4. The molecule has 4 fully saturated rings. The van der Waals surface area contributed by atoms with Crippen LogP contribution in [-0.4, -0.2) is 151 Å². The highest BCUT2D eigenvalue weighted by Gasteiger charge is 2.54. The molecular formula is C47H56ClN5O10. The fraction of sp³-hybridized carbons (Fsp3) is 0.532. The molecule has 3 aromatic carbocycles. The molecule has 0 radical (unpaired) electrons. The van der Waals surface area contributed by atoms with Gasteiger partial charge in [-0.25, -0.2) is 4.79 Å². The van der Waals surface area contributed by atoms with Crippen LogP contribution in [-0.2, 0) is 38.9 Å². The zero-order valence-corrected chi connectivity index (χ0v) is 36.4. The molecule has 336 valence electrons. The highest BCUT2D eigenvalue weighted by atomic mass is 35.5. The van der Waals surface area contributed by atoms with E-state index in [1.54, 1.807) is 18.2 Å². The van der Waals surface area contributed by atoms with Gasteiger partial charge in [0.15, 0.2) is 5.60 Å². The summed E-state index contributed by atoms with van der Waals surface area (Å²) in [6.45, 7) is 9.19. The van der Waals surface area contributed by atoms with E-state index < -0.39 is 11.6 Å². The van der Waals surface area contributed by atoms with Crippen LogP contribution in [0.2, 0.25) is 0 Å². The molecule has 9 rings (SSSR count). The first kappa shape index (κ1) is 43.3. The highest BCUT2D eigenvalue weighted by Crippen LogP contribution is 2.57. The minimum absolute atomic E-state index is 0.107. The highest BCUT2D eigenvalue weighted by molar-refractivity contribution is 6.17. The number of amides is 3. The normalized spacial score (nSPS) is 19.1. The van der Waals surface area contributed by atoms with Crippen molar-refractivity contribution >= 4 is 46.7 Å². The van der Waals surface area contributed by atoms with E-state index in [2.05, 4.69) is 15.1 Å². The second-order valence-electron chi connectivity index (χ2n) is 17.0. The van der Waals surface area contributed by atoms with Gasteiger partial charge in [0, 0.05) is 117 Å². The zero-order valence-electron chi connectivity index (χ0n) is 35.7. The molecule has 63 heavy (non-hydrogen) atoms. The Hall–Kier alpha value is -4.93. The summed E-state index contributed by atoms with van der Waals surface area (Å²) in [5.41, 5.74) is 2.89. The minimum atomic E-state index is -1.41. The van der Waals surface area contributed by atoms with Gasteiger partial charge in [-0.3, -0.25) is 14.4 Å². The van der Waals surface area contributed by atoms with Crippen molar-refractivity contribution < 1.29 is 47.6 Å². The van der Waals surface area contributed by atoms with Gasteiger partial charge >= 0.3 is 5.97 Å². The second kappa shape index (κ2) is 19.4. The van der Waals surface area contributed by atoms with Crippen molar-refractivity contribution in [2.24, 2.45) is 11.8 Å². The van der Waals surface area contributed by atoms with Crippen molar-refractivity contribution in [2.45, 2.75) is 31.3 Å². The number of ether oxygens (including phenoxy) is 6. The molecule has 1 spiro atoms. The number of unbranched alkanes of at least 4 members (excludes halogenated alkanes) is 3. The third kappa shape index (κ3) is 8.95. The van der Waals surface area contributed by atoms with Crippen LogP contribution in [0.25, 0.3) is 0 Å². The maximum atomic E-state index is 13.9. The number of fused-ring (bicyclic) bond motifs is 6. The molecule has 0 aromatic heterocycles. The molecule has 0 atom stereocenters. The molecule has 1 N–H and O–H groups in total. The van der Waals surface area contributed by atoms with Crippen molar-refractivity contribution in [3.05, 3.63) is 82.4 Å². The van der Waals surface area contributed by atoms with Gasteiger partial charge in [0.25, 0.3) is 5.91 Å². The molecule has 6 heterocycles. The molecule has 15 nitrogen and oxygen atoms in total. The number of anilines is 2. The number of esters is 1. The van der Waals surface area contributed by atoms with E-state index in [1.165, 1.54) is 0 Å². The average Bonchev–Trinajstić information content (AvgIpc) is 3.57. The third-order valence-corrected chi connectivity index (χ3v) is 13.2. The number of rotatable bonds is 17. The van der Waals surface area contributed by atoms with Crippen molar-refractivity contribution in [3.63, 3.8) is 0 Å². The van der Waals surface area contributed by atoms with Crippen LogP contribution < -0.4 is 19.9 Å². The quantitative estimate of drug-likeness (QED) is 0.116. The Bertz CT molecular complexity index is 2070. The average molecular weight is 886 g/mol. The SMILES string of the molecule is O=C(NCCOCCOCCCCCCCl)c1ccc2c(c1)C1(OC2=O)c2ccc(N3CC(C(=O)N4CCOCC4)C3)cc2Oc2cc(N3CC(C(=O)N4CCOCC4)C3)ccc21. The molecule has 0 saturated carbocycles. The molecule has 6 aliphatic rings. The van der Waals surface area contributed by atoms with Gasteiger partial charge in [-0.05, 0) is 55.3 Å². The summed E-state index contributed by atoms with van der Waals surface area (Å²) < 4.78 is 35.5. The Kier molecular flexibility index (Phi) is 13.4. The lowest BCUT2D eigenvalue weighted by atomic mass is 9.77. The molecule has 0 aliphatic carbocycles. The van der Waals surface area contributed by atoms with Crippen LogP contribution in [0.15, 0.2) is 54.6 Å². The number of hydrogen-bond donors (Lipinski definition) is 1.